The zero-order valence-electron chi connectivity index (χ0n) is 52.8. The lowest BCUT2D eigenvalue weighted by Gasteiger charge is -2.21. The fourth-order valence-corrected chi connectivity index (χ4v) is 10.9. The fourth-order valence-electron chi connectivity index (χ4n) is 9.32. The van der Waals surface area contributed by atoms with Gasteiger partial charge in [-0.25, -0.2) is 9.13 Å². The number of rotatable bonds is 62. The lowest BCUT2D eigenvalue weighted by atomic mass is 9.99. The minimum absolute atomic E-state index is 0.102. The molecule has 6 atom stereocenters. The quantitative estimate of drug-likeness (QED) is 0.0222. The second-order valence-corrected chi connectivity index (χ2v) is 26.4. The summed E-state index contributed by atoms with van der Waals surface area (Å²) < 4.78 is 67.8. The van der Waals surface area contributed by atoms with Crippen molar-refractivity contribution in [2.75, 3.05) is 39.6 Å². The molecule has 0 aromatic heterocycles. The minimum Gasteiger partial charge on any atom is -0.462 e. The third kappa shape index (κ3) is 55.9. The summed E-state index contributed by atoms with van der Waals surface area (Å²) in [5, 5.41) is 10.5. The van der Waals surface area contributed by atoms with Gasteiger partial charge in [0.25, 0.3) is 0 Å². The van der Waals surface area contributed by atoms with Crippen LogP contribution in [0.2, 0.25) is 0 Å². The summed E-state index contributed by atoms with van der Waals surface area (Å²) in [5.41, 5.74) is 0. The molecule has 486 valence electrons. The summed E-state index contributed by atoms with van der Waals surface area (Å²) in [6, 6.07) is 0. The minimum atomic E-state index is -4.94. The molecule has 0 aliphatic heterocycles. The average Bonchev–Trinajstić information content (AvgIpc) is 3.46. The number of aliphatic hydroxyl groups excluding tert-OH is 1. The molecule has 0 aromatic rings. The van der Waals surface area contributed by atoms with Gasteiger partial charge in [0.1, 0.15) is 19.3 Å². The molecule has 0 aromatic carbocycles. The molecular weight excluding hydrogens is 1090 g/mol. The van der Waals surface area contributed by atoms with Crippen LogP contribution < -0.4 is 0 Å². The molecule has 0 heterocycles. The molecule has 19 heteroatoms. The number of hydrogen-bond donors (Lipinski definition) is 3. The van der Waals surface area contributed by atoms with Crippen molar-refractivity contribution in [3.8, 4) is 0 Å². The molecule has 0 amide bonds. The number of carbonyl (C=O) groups is 4. The van der Waals surface area contributed by atoms with E-state index >= 15 is 0 Å². The van der Waals surface area contributed by atoms with E-state index in [1.165, 1.54) is 122 Å². The molecule has 17 nitrogen and oxygen atoms in total. The maximum atomic E-state index is 13.0. The lowest BCUT2D eigenvalue weighted by molar-refractivity contribution is -0.161. The van der Waals surface area contributed by atoms with Crippen LogP contribution in [0, 0.1) is 11.8 Å². The first-order chi connectivity index (χ1) is 39.4. The Labute approximate surface area is 498 Å². The largest absolute Gasteiger partial charge is 0.472 e. The number of carbonyl (C=O) groups excluding carboxylic acids is 4. The highest BCUT2D eigenvalue weighted by atomic mass is 31.2. The summed E-state index contributed by atoms with van der Waals surface area (Å²) >= 11 is 0. The van der Waals surface area contributed by atoms with Gasteiger partial charge in [-0.15, -0.1) is 0 Å². The Kier molecular flexibility index (Phi) is 54.3. The van der Waals surface area contributed by atoms with Gasteiger partial charge >= 0.3 is 39.5 Å². The van der Waals surface area contributed by atoms with Gasteiger partial charge in [-0.1, -0.05) is 260 Å². The van der Waals surface area contributed by atoms with E-state index in [0.717, 1.165) is 102 Å². The molecule has 0 saturated carbocycles. The first kappa shape index (κ1) is 80.1. The van der Waals surface area contributed by atoms with Crippen LogP contribution in [0.5, 0.6) is 0 Å². The van der Waals surface area contributed by atoms with E-state index in [0.29, 0.717) is 31.6 Å². The van der Waals surface area contributed by atoms with Crippen LogP contribution in [0.15, 0.2) is 0 Å². The van der Waals surface area contributed by atoms with Crippen molar-refractivity contribution in [1.29, 1.82) is 0 Å². The summed E-state index contributed by atoms with van der Waals surface area (Å²) in [4.78, 5) is 71.9. The van der Waals surface area contributed by atoms with Crippen molar-refractivity contribution >= 4 is 39.5 Å². The van der Waals surface area contributed by atoms with Gasteiger partial charge in [-0.3, -0.25) is 37.3 Å². The molecule has 0 rings (SSSR count). The number of aliphatic hydroxyl groups is 1. The van der Waals surface area contributed by atoms with Gasteiger partial charge < -0.3 is 33.8 Å². The van der Waals surface area contributed by atoms with E-state index in [-0.39, 0.29) is 25.7 Å². The molecule has 0 fully saturated rings. The third-order valence-electron chi connectivity index (χ3n) is 14.8. The van der Waals surface area contributed by atoms with Crippen LogP contribution in [0.1, 0.15) is 311 Å². The van der Waals surface area contributed by atoms with Gasteiger partial charge in [0.05, 0.1) is 26.4 Å². The Balaban J connectivity index is 5.18. The number of unbranched alkanes of at least 4 members (excludes halogenated alkanes) is 31. The molecule has 3 N–H and O–H groups in total. The third-order valence-corrected chi connectivity index (χ3v) is 16.7. The maximum absolute atomic E-state index is 13.0. The van der Waals surface area contributed by atoms with Crippen LogP contribution in [0.3, 0.4) is 0 Å². The molecule has 0 saturated heterocycles. The number of ether oxygens (including phenoxy) is 4. The summed E-state index contributed by atoms with van der Waals surface area (Å²) in [6.07, 6.45) is 38.0. The Morgan fingerprint density at radius 2 is 0.622 bits per heavy atom. The maximum Gasteiger partial charge on any atom is 0.472 e. The number of esters is 4. The molecule has 0 spiro atoms. The van der Waals surface area contributed by atoms with E-state index < -0.39 is 97.5 Å². The molecule has 0 aliphatic carbocycles. The standard InChI is InChI=1S/C63H122O17P2/c1-7-10-12-14-15-16-17-18-19-20-21-22-29-35-41-47-62(67)80-59(52-74-61(66)46-40-34-28-24-23-27-33-38-44-56(6)9-3)54-78-82(71,72)76-50-57(64)49-75-81(69,70)77-53-58(51-73-60(65)45-39-31-13-11-8-2)79-63(68)48-42-36-30-25-26-32-37-43-55(4)5/h55-59,64H,7-54H2,1-6H3,(H,69,70)(H,71,72)/t56?,57-,58+,59+/m0/s1. The summed E-state index contributed by atoms with van der Waals surface area (Å²) in [6.45, 7) is 9.34. The summed E-state index contributed by atoms with van der Waals surface area (Å²) in [5.74, 6) is -0.673. The molecule has 82 heavy (non-hydrogen) atoms. The van der Waals surface area contributed by atoms with Crippen LogP contribution in [0.4, 0.5) is 0 Å². The number of phosphoric acid groups is 2. The Morgan fingerprint density at radius 1 is 0.354 bits per heavy atom. The van der Waals surface area contributed by atoms with E-state index in [1.54, 1.807) is 0 Å². The van der Waals surface area contributed by atoms with Gasteiger partial charge in [-0.05, 0) is 37.5 Å². The topological polar surface area (TPSA) is 237 Å². The normalized spacial score (nSPS) is 14.7. The van der Waals surface area contributed by atoms with Crippen molar-refractivity contribution in [1.82, 2.24) is 0 Å². The van der Waals surface area contributed by atoms with Crippen LogP contribution in [-0.4, -0.2) is 96.7 Å². The zero-order valence-corrected chi connectivity index (χ0v) is 54.6. The Morgan fingerprint density at radius 3 is 0.927 bits per heavy atom. The molecule has 0 bridgehead atoms. The first-order valence-corrected chi connectivity index (χ1v) is 36.0. The highest BCUT2D eigenvalue weighted by Crippen LogP contribution is 2.45. The fraction of sp³-hybridized carbons (Fsp3) is 0.937. The SMILES string of the molecule is CCCCCCCCCCCCCCCCCC(=O)O[C@H](COC(=O)CCCCCCCCCCC(C)CC)COP(=O)(O)OC[C@@H](O)COP(=O)(O)OC[C@@H](COC(=O)CCCCCCC)OC(=O)CCCCCCCCCC(C)C. The van der Waals surface area contributed by atoms with E-state index in [1.807, 2.05) is 0 Å². The van der Waals surface area contributed by atoms with Crippen molar-refractivity contribution in [3.05, 3.63) is 0 Å². The van der Waals surface area contributed by atoms with E-state index in [4.69, 9.17) is 37.0 Å². The molecular formula is C63H122O17P2. The molecule has 0 aliphatic rings. The van der Waals surface area contributed by atoms with E-state index in [9.17, 15) is 43.2 Å². The van der Waals surface area contributed by atoms with Crippen LogP contribution >= 0.6 is 15.6 Å². The predicted octanol–water partition coefficient (Wildman–Crippen LogP) is 17.3. The van der Waals surface area contributed by atoms with Gasteiger partial charge in [-0.2, -0.15) is 0 Å². The lowest BCUT2D eigenvalue weighted by Crippen LogP contribution is -2.30. The molecule has 0 radical (unpaired) electrons. The second-order valence-electron chi connectivity index (χ2n) is 23.5. The van der Waals surface area contributed by atoms with Crippen molar-refractivity contribution in [3.63, 3.8) is 0 Å². The smallest absolute Gasteiger partial charge is 0.462 e. The van der Waals surface area contributed by atoms with Crippen LogP contribution in [0.25, 0.3) is 0 Å². The highest BCUT2D eigenvalue weighted by molar-refractivity contribution is 7.47. The predicted molar refractivity (Wildman–Crippen MR) is 326 cm³/mol. The summed E-state index contributed by atoms with van der Waals surface area (Å²) in [7, 11) is -9.88. The number of hydrogen-bond acceptors (Lipinski definition) is 15. The Bertz CT molecular complexity index is 1620. The molecule has 3 unspecified atom stereocenters. The van der Waals surface area contributed by atoms with Gasteiger partial charge in [0, 0.05) is 25.7 Å². The van der Waals surface area contributed by atoms with Gasteiger partial charge in [0.2, 0.25) is 0 Å². The number of phosphoric ester groups is 2. The first-order valence-electron chi connectivity index (χ1n) is 33.0. The van der Waals surface area contributed by atoms with E-state index in [2.05, 4.69) is 41.5 Å². The monoisotopic (exact) mass is 1210 g/mol. The van der Waals surface area contributed by atoms with Crippen molar-refractivity contribution < 1.29 is 80.2 Å². The Hall–Kier alpha value is -1.94. The van der Waals surface area contributed by atoms with Crippen molar-refractivity contribution in [2.45, 2.75) is 330 Å². The van der Waals surface area contributed by atoms with Gasteiger partial charge in [0.15, 0.2) is 12.2 Å². The average molecular weight is 1210 g/mol. The van der Waals surface area contributed by atoms with Crippen molar-refractivity contribution in [2.24, 2.45) is 11.8 Å². The van der Waals surface area contributed by atoms with Crippen LogP contribution in [-0.2, 0) is 65.4 Å². The zero-order chi connectivity index (χ0) is 60.8. The highest BCUT2D eigenvalue weighted by Gasteiger charge is 2.30. The second kappa shape index (κ2) is 55.6.